The van der Waals surface area contributed by atoms with Crippen molar-refractivity contribution in [2.45, 2.75) is 18.7 Å². The van der Waals surface area contributed by atoms with Crippen molar-refractivity contribution < 1.29 is 18.3 Å². The smallest absolute Gasteiger partial charge is 0.333 e. The highest BCUT2D eigenvalue weighted by atomic mass is 19.3. The van der Waals surface area contributed by atoms with Crippen LogP contribution in [0.5, 0.6) is 0 Å². The van der Waals surface area contributed by atoms with Crippen LogP contribution >= 0.6 is 0 Å². The molecule has 26 heavy (non-hydrogen) atoms. The normalized spacial score (nSPS) is 21.0. The largest absolute Gasteiger partial charge is 0.373 e. The first-order valence-electron chi connectivity index (χ1n) is 8.26. The van der Waals surface area contributed by atoms with Crippen LogP contribution in [0.4, 0.5) is 8.78 Å². The molecule has 3 rings (SSSR count). The van der Waals surface area contributed by atoms with E-state index >= 15 is 0 Å². The minimum absolute atomic E-state index is 0.00954. The first-order chi connectivity index (χ1) is 12.4. The number of aromatic nitrogens is 4. The summed E-state index contributed by atoms with van der Waals surface area (Å²) in [7, 11) is 5.65. The van der Waals surface area contributed by atoms with E-state index in [-0.39, 0.29) is 17.8 Å². The van der Waals surface area contributed by atoms with Crippen LogP contribution in [0.15, 0.2) is 24.7 Å². The van der Waals surface area contributed by atoms with E-state index in [1.54, 1.807) is 22.8 Å². The average molecular weight is 368 g/mol. The molecule has 0 saturated carbocycles. The van der Waals surface area contributed by atoms with Crippen LogP contribution in [-0.2, 0) is 11.8 Å². The number of hydrogen-bond acceptors (Lipinski definition) is 5. The number of morpholine rings is 1. The Bertz CT molecular complexity index is 760. The fourth-order valence-corrected chi connectivity index (χ4v) is 3.17. The van der Waals surface area contributed by atoms with Crippen LogP contribution in [0.1, 0.15) is 28.6 Å². The van der Waals surface area contributed by atoms with Gasteiger partial charge < -0.3 is 14.5 Å². The van der Waals surface area contributed by atoms with Gasteiger partial charge in [0, 0.05) is 38.1 Å². The van der Waals surface area contributed by atoms with Crippen molar-refractivity contribution in [1.82, 2.24) is 29.4 Å². The number of likely N-dealkylation sites (N-methyl/N-ethyl adjacent to an activating group) is 1. The molecule has 2 aromatic rings. The zero-order valence-corrected chi connectivity index (χ0v) is 14.9. The number of alkyl halides is 2. The summed E-state index contributed by atoms with van der Waals surface area (Å²) in [5.74, 6) is -0.398. The molecule has 0 aliphatic carbocycles. The Morgan fingerprint density at radius 2 is 2.23 bits per heavy atom. The van der Waals surface area contributed by atoms with E-state index < -0.39 is 12.5 Å². The molecule has 0 bridgehead atoms. The van der Waals surface area contributed by atoms with Gasteiger partial charge in [0.2, 0.25) is 0 Å². The van der Waals surface area contributed by atoms with Gasteiger partial charge in [-0.15, -0.1) is 0 Å². The van der Waals surface area contributed by atoms with Crippen LogP contribution in [-0.4, -0.2) is 75.2 Å². The molecule has 0 radical (unpaired) electrons. The number of ether oxygens (including phenoxy) is 1. The third-order valence-electron chi connectivity index (χ3n) is 4.25. The minimum atomic E-state index is -2.78. The summed E-state index contributed by atoms with van der Waals surface area (Å²) in [5.41, 5.74) is 0.824. The predicted octanol–water partition coefficient (Wildman–Crippen LogP) is 1.16. The SMILES string of the molecule is CN(C)C[C@@H]1OCCN(C(=O)c2ccn(C(F)F)n2)[C@H]1c1cnn(C)c1. The lowest BCUT2D eigenvalue weighted by Gasteiger charge is -2.41. The number of carbonyl (C=O) groups excluding carboxylic acids is 1. The van der Waals surface area contributed by atoms with E-state index in [2.05, 4.69) is 10.2 Å². The predicted molar refractivity (Wildman–Crippen MR) is 88.8 cm³/mol. The molecule has 1 aliphatic rings. The number of hydrogen-bond donors (Lipinski definition) is 0. The standard InChI is InChI=1S/C16H22F2N6O2/c1-21(2)10-13-14(11-8-19-22(3)9-11)23(6-7-26-13)15(25)12-4-5-24(20-12)16(17)18/h4-5,8-9,13-14,16H,6-7,10H2,1-3H3/t13-,14-/m0/s1. The van der Waals surface area contributed by atoms with E-state index in [1.165, 1.54) is 6.07 Å². The maximum absolute atomic E-state index is 13.0. The molecule has 3 heterocycles. The second kappa shape index (κ2) is 7.50. The van der Waals surface area contributed by atoms with Crippen molar-refractivity contribution in [3.63, 3.8) is 0 Å². The topological polar surface area (TPSA) is 68.4 Å². The molecule has 10 heteroatoms. The molecular formula is C16H22F2N6O2. The second-order valence-corrected chi connectivity index (χ2v) is 6.52. The summed E-state index contributed by atoms with van der Waals surface area (Å²) in [4.78, 5) is 16.6. The molecule has 8 nitrogen and oxygen atoms in total. The van der Waals surface area contributed by atoms with Gasteiger partial charge in [0.25, 0.3) is 5.91 Å². The summed E-state index contributed by atoms with van der Waals surface area (Å²) in [6.45, 7) is -1.45. The monoisotopic (exact) mass is 368 g/mol. The van der Waals surface area contributed by atoms with Gasteiger partial charge in [-0.05, 0) is 20.2 Å². The highest BCUT2D eigenvalue weighted by Crippen LogP contribution is 2.31. The lowest BCUT2D eigenvalue weighted by atomic mass is 10.00. The van der Waals surface area contributed by atoms with E-state index in [4.69, 9.17) is 4.74 Å². The molecule has 2 aromatic heterocycles. The lowest BCUT2D eigenvalue weighted by molar-refractivity contribution is -0.0686. The van der Waals surface area contributed by atoms with Crippen molar-refractivity contribution in [3.8, 4) is 0 Å². The van der Waals surface area contributed by atoms with Gasteiger partial charge in [-0.1, -0.05) is 0 Å². The highest BCUT2D eigenvalue weighted by molar-refractivity contribution is 5.92. The molecule has 0 N–H and O–H groups in total. The second-order valence-electron chi connectivity index (χ2n) is 6.52. The van der Waals surface area contributed by atoms with Gasteiger partial charge in [-0.25, -0.2) is 4.68 Å². The van der Waals surface area contributed by atoms with Gasteiger partial charge in [0.1, 0.15) is 0 Å². The van der Waals surface area contributed by atoms with Crippen LogP contribution in [0.25, 0.3) is 0 Å². The lowest BCUT2D eigenvalue weighted by Crippen LogP contribution is -2.51. The Morgan fingerprint density at radius 3 is 2.81 bits per heavy atom. The fraction of sp³-hybridized carbons (Fsp3) is 0.562. The van der Waals surface area contributed by atoms with Gasteiger partial charge in [0.15, 0.2) is 5.69 Å². The molecule has 142 valence electrons. The molecule has 0 spiro atoms. The number of aryl methyl sites for hydroxylation is 1. The van der Waals surface area contributed by atoms with E-state index in [1.807, 2.05) is 25.2 Å². The molecule has 1 amide bonds. The number of rotatable bonds is 5. The number of amides is 1. The third-order valence-corrected chi connectivity index (χ3v) is 4.25. The number of nitrogens with zero attached hydrogens (tertiary/aromatic N) is 6. The van der Waals surface area contributed by atoms with Gasteiger partial charge in [-0.3, -0.25) is 9.48 Å². The molecule has 2 atom stereocenters. The summed E-state index contributed by atoms with van der Waals surface area (Å²) >= 11 is 0. The first-order valence-corrected chi connectivity index (χ1v) is 8.26. The Kier molecular flexibility index (Phi) is 5.33. The van der Waals surface area contributed by atoms with Crippen LogP contribution in [0.2, 0.25) is 0 Å². The minimum Gasteiger partial charge on any atom is -0.373 e. The van der Waals surface area contributed by atoms with E-state index in [9.17, 15) is 13.6 Å². The maximum Gasteiger partial charge on any atom is 0.333 e. The zero-order chi connectivity index (χ0) is 18.8. The first kappa shape index (κ1) is 18.5. The summed E-state index contributed by atoms with van der Waals surface area (Å²) in [6.07, 6.45) is 4.37. The Hall–Kier alpha value is -2.33. The quantitative estimate of drug-likeness (QED) is 0.792. The highest BCUT2D eigenvalue weighted by Gasteiger charge is 2.38. The summed E-state index contributed by atoms with van der Waals surface area (Å²) < 4.78 is 33.6. The summed E-state index contributed by atoms with van der Waals surface area (Å²) in [6, 6.07) is 0.939. The molecule has 1 fully saturated rings. The molecular weight excluding hydrogens is 346 g/mol. The van der Waals surface area contributed by atoms with Crippen molar-refractivity contribution in [2.75, 3.05) is 33.8 Å². The van der Waals surface area contributed by atoms with Crippen molar-refractivity contribution in [3.05, 3.63) is 35.9 Å². The Morgan fingerprint density at radius 1 is 1.46 bits per heavy atom. The molecule has 0 unspecified atom stereocenters. The Labute approximate surface area is 149 Å². The molecule has 0 aromatic carbocycles. The molecule has 1 saturated heterocycles. The average Bonchev–Trinajstić information content (AvgIpc) is 3.22. The van der Waals surface area contributed by atoms with Crippen LogP contribution in [0.3, 0.4) is 0 Å². The van der Waals surface area contributed by atoms with Gasteiger partial charge >= 0.3 is 6.55 Å². The van der Waals surface area contributed by atoms with Gasteiger partial charge in [-0.2, -0.15) is 19.0 Å². The third kappa shape index (κ3) is 3.75. The van der Waals surface area contributed by atoms with E-state index in [0.29, 0.717) is 24.4 Å². The van der Waals surface area contributed by atoms with E-state index in [0.717, 1.165) is 11.8 Å². The van der Waals surface area contributed by atoms with Crippen molar-refractivity contribution in [2.24, 2.45) is 7.05 Å². The molecule has 1 aliphatic heterocycles. The van der Waals surface area contributed by atoms with Crippen molar-refractivity contribution >= 4 is 5.91 Å². The Balaban J connectivity index is 1.92. The number of carbonyl (C=O) groups is 1. The zero-order valence-electron chi connectivity index (χ0n) is 14.9. The fourth-order valence-electron chi connectivity index (χ4n) is 3.17. The number of halogens is 2. The van der Waals surface area contributed by atoms with Crippen molar-refractivity contribution in [1.29, 1.82) is 0 Å². The van der Waals surface area contributed by atoms with Crippen LogP contribution < -0.4 is 0 Å². The summed E-state index contributed by atoms with van der Waals surface area (Å²) in [5, 5.41) is 7.90. The van der Waals surface area contributed by atoms with Gasteiger partial charge in [0.05, 0.1) is 24.9 Å². The van der Waals surface area contributed by atoms with Crippen LogP contribution in [0, 0.1) is 0 Å². The maximum atomic E-state index is 13.0.